The average Bonchev–Trinajstić information content (AvgIpc) is 2.40. The molecule has 0 amide bonds. The fourth-order valence-electron chi connectivity index (χ4n) is 1.17. The molecule has 2 aromatic rings. The zero-order valence-corrected chi connectivity index (χ0v) is 8.52. The SMILES string of the molecule is BC(O)(O)Oc1ccc2oc(Cl)nc2c1. The highest BCUT2D eigenvalue weighted by atomic mass is 35.5. The van der Waals surface area contributed by atoms with E-state index in [0.717, 1.165) is 7.85 Å². The number of benzene rings is 1. The van der Waals surface area contributed by atoms with E-state index in [2.05, 4.69) is 4.98 Å². The molecule has 15 heavy (non-hydrogen) atoms. The second-order valence-corrected chi connectivity index (χ2v) is 3.46. The van der Waals surface area contributed by atoms with Crippen LogP contribution in [0.2, 0.25) is 5.35 Å². The van der Waals surface area contributed by atoms with E-state index in [4.69, 9.17) is 31.0 Å². The summed E-state index contributed by atoms with van der Waals surface area (Å²) in [5.74, 6) is -1.96. The Morgan fingerprint density at radius 3 is 2.87 bits per heavy atom. The summed E-state index contributed by atoms with van der Waals surface area (Å²) >= 11 is 5.55. The lowest BCUT2D eigenvalue weighted by atomic mass is 10.1. The normalized spacial score (nSPS) is 11.9. The standard InChI is InChI=1S/C8H7BClNO4/c9-8(12,13)15-4-1-2-6-5(3-4)11-7(10)14-6/h1-3,12-13H,9H2. The second kappa shape index (κ2) is 3.41. The summed E-state index contributed by atoms with van der Waals surface area (Å²) in [5, 5.41) is 18.0. The smallest absolute Gasteiger partial charge is 0.293 e. The van der Waals surface area contributed by atoms with Crippen LogP contribution in [0.25, 0.3) is 11.1 Å². The van der Waals surface area contributed by atoms with E-state index in [1.165, 1.54) is 12.1 Å². The third kappa shape index (κ3) is 2.41. The number of halogens is 1. The van der Waals surface area contributed by atoms with Gasteiger partial charge in [-0.2, -0.15) is 4.98 Å². The molecule has 0 radical (unpaired) electrons. The van der Waals surface area contributed by atoms with Crippen molar-refractivity contribution in [3.8, 4) is 5.75 Å². The van der Waals surface area contributed by atoms with E-state index in [9.17, 15) is 0 Å². The van der Waals surface area contributed by atoms with Gasteiger partial charge in [0.2, 0.25) is 7.85 Å². The summed E-state index contributed by atoms with van der Waals surface area (Å²) in [6, 6.07) is 4.60. The molecule has 0 aliphatic heterocycles. The first kappa shape index (κ1) is 10.3. The van der Waals surface area contributed by atoms with Crippen LogP contribution in [0, 0.1) is 0 Å². The predicted molar refractivity (Wildman–Crippen MR) is 55.4 cm³/mol. The van der Waals surface area contributed by atoms with Crippen molar-refractivity contribution in [2.45, 2.75) is 5.87 Å². The van der Waals surface area contributed by atoms with Gasteiger partial charge >= 0.3 is 0 Å². The van der Waals surface area contributed by atoms with Crippen LogP contribution in [0.5, 0.6) is 5.75 Å². The highest BCUT2D eigenvalue weighted by Gasteiger charge is 2.17. The molecular weight excluding hydrogens is 220 g/mol. The first-order valence-corrected chi connectivity index (χ1v) is 4.52. The van der Waals surface area contributed by atoms with Gasteiger partial charge in [0.1, 0.15) is 11.3 Å². The maximum atomic E-state index is 9.01. The third-order valence-corrected chi connectivity index (χ3v) is 1.81. The molecule has 0 aliphatic rings. The molecule has 2 rings (SSSR count). The zero-order valence-electron chi connectivity index (χ0n) is 7.77. The Bertz CT molecular complexity index is 493. The number of nitrogens with zero attached hydrogens (tertiary/aromatic N) is 1. The molecule has 78 valence electrons. The molecule has 0 spiro atoms. The Balaban J connectivity index is 2.38. The van der Waals surface area contributed by atoms with Gasteiger partial charge in [-0.05, 0) is 23.7 Å². The molecule has 0 unspecified atom stereocenters. The summed E-state index contributed by atoms with van der Waals surface area (Å²) in [7, 11) is 1.10. The Labute approximate surface area is 90.6 Å². The van der Waals surface area contributed by atoms with Crippen LogP contribution in [0.1, 0.15) is 0 Å². The van der Waals surface area contributed by atoms with Crippen LogP contribution in [-0.4, -0.2) is 28.9 Å². The van der Waals surface area contributed by atoms with E-state index in [0.29, 0.717) is 11.1 Å². The molecule has 1 aromatic carbocycles. The second-order valence-electron chi connectivity index (χ2n) is 3.13. The Morgan fingerprint density at radius 2 is 2.20 bits per heavy atom. The minimum Gasteiger partial charge on any atom is -0.448 e. The summed E-state index contributed by atoms with van der Waals surface area (Å²) in [4.78, 5) is 3.86. The minimum atomic E-state index is -2.22. The predicted octanol–water partition coefficient (Wildman–Crippen LogP) is 0.0890. The molecule has 2 N–H and O–H groups in total. The van der Waals surface area contributed by atoms with Gasteiger partial charge in [0, 0.05) is 6.07 Å². The van der Waals surface area contributed by atoms with Crippen LogP contribution in [0.3, 0.4) is 0 Å². The van der Waals surface area contributed by atoms with E-state index in [1.807, 2.05) is 0 Å². The van der Waals surface area contributed by atoms with Crippen molar-refractivity contribution in [3.05, 3.63) is 23.5 Å². The molecule has 0 aliphatic carbocycles. The van der Waals surface area contributed by atoms with E-state index < -0.39 is 5.87 Å². The van der Waals surface area contributed by atoms with E-state index in [-0.39, 0.29) is 11.1 Å². The summed E-state index contributed by atoms with van der Waals surface area (Å²) in [5.41, 5.74) is 0.992. The maximum absolute atomic E-state index is 9.01. The molecule has 5 nitrogen and oxygen atoms in total. The van der Waals surface area contributed by atoms with Crippen molar-refractivity contribution in [2.75, 3.05) is 0 Å². The highest BCUT2D eigenvalue weighted by molar-refractivity contribution is 6.28. The van der Waals surface area contributed by atoms with E-state index >= 15 is 0 Å². The number of fused-ring (bicyclic) bond motifs is 1. The number of aromatic nitrogens is 1. The molecule has 0 saturated carbocycles. The van der Waals surface area contributed by atoms with Gasteiger partial charge < -0.3 is 19.4 Å². The lowest BCUT2D eigenvalue weighted by Gasteiger charge is -2.17. The Morgan fingerprint density at radius 1 is 1.47 bits per heavy atom. The number of aliphatic hydroxyl groups is 2. The van der Waals surface area contributed by atoms with Crippen molar-refractivity contribution in [3.63, 3.8) is 0 Å². The summed E-state index contributed by atoms with van der Waals surface area (Å²) < 4.78 is 9.83. The van der Waals surface area contributed by atoms with Crippen molar-refractivity contribution in [2.24, 2.45) is 0 Å². The molecule has 1 aromatic heterocycles. The number of hydrogen-bond acceptors (Lipinski definition) is 5. The number of ether oxygens (including phenoxy) is 1. The van der Waals surface area contributed by atoms with Gasteiger partial charge in [-0.25, -0.2) is 0 Å². The molecule has 1 heterocycles. The van der Waals surface area contributed by atoms with Gasteiger partial charge in [0.05, 0.1) is 0 Å². The monoisotopic (exact) mass is 227 g/mol. The van der Waals surface area contributed by atoms with Crippen LogP contribution >= 0.6 is 11.6 Å². The number of hydrogen-bond donors (Lipinski definition) is 2. The van der Waals surface area contributed by atoms with Gasteiger partial charge in [0.15, 0.2) is 5.58 Å². The number of rotatable bonds is 2. The lowest BCUT2D eigenvalue weighted by Crippen LogP contribution is -2.35. The molecule has 7 heteroatoms. The van der Waals surface area contributed by atoms with Crippen LogP contribution < -0.4 is 4.74 Å². The Hall–Kier alpha value is -1.24. The molecule has 0 bridgehead atoms. The van der Waals surface area contributed by atoms with Crippen LogP contribution in [-0.2, 0) is 0 Å². The van der Waals surface area contributed by atoms with Gasteiger partial charge in [-0.15, -0.1) is 0 Å². The third-order valence-electron chi connectivity index (χ3n) is 1.64. The zero-order chi connectivity index (χ0) is 11.1. The van der Waals surface area contributed by atoms with E-state index in [1.54, 1.807) is 6.07 Å². The van der Waals surface area contributed by atoms with Gasteiger partial charge in [-0.1, -0.05) is 0 Å². The quantitative estimate of drug-likeness (QED) is 0.562. The first-order chi connectivity index (χ1) is 6.94. The van der Waals surface area contributed by atoms with Crippen molar-refractivity contribution in [1.29, 1.82) is 0 Å². The molecule has 0 saturated heterocycles. The fraction of sp³-hybridized carbons (Fsp3) is 0.125. The van der Waals surface area contributed by atoms with Crippen molar-refractivity contribution >= 4 is 30.5 Å². The largest absolute Gasteiger partial charge is 0.448 e. The maximum Gasteiger partial charge on any atom is 0.293 e. The topological polar surface area (TPSA) is 75.7 Å². The summed E-state index contributed by atoms with van der Waals surface area (Å²) in [6.45, 7) is 0. The number of oxazole rings is 1. The summed E-state index contributed by atoms with van der Waals surface area (Å²) in [6.07, 6.45) is 0. The lowest BCUT2D eigenvalue weighted by molar-refractivity contribution is -0.223. The average molecular weight is 227 g/mol. The van der Waals surface area contributed by atoms with Gasteiger partial charge in [-0.3, -0.25) is 0 Å². The highest BCUT2D eigenvalue weighted by Crippen LogP contribution is 2.24. The van der Waals surface area contributed by atoms with Crippen LogP contribution in [0.15, 0.2) is 22.6 Å². The van der Waals surface area contributed by atoms with Gasteiger partial charge in [0.25, 0.3) is 11.2 Å². The van der Waals surface area contributed by atoms with Crippen molar-refractivity contribution < 1.29 is 19.4 Å². The van der Waals surface area contributed by atoms with Crippen molar-refractivity contribution in [1.82, 2.24) is 4.98 Å². The molecule has 0 fully saturated rings. The molecular formula is C8H7BClNO4. The van der Waals surface area contributed by atoms with Crippen LogP contribution in [0.4, 0.5) is 0 Å². The first-order valence-electron chi connectivity index (χ1n) is 4.14. The molecule has 0 atom stereocenters. The fourth-order valence-corrected chi connectivity index (χ4v) is 1.34. The minimum absolute atomic E-state index is 0.0258. The Kier molecular flexibility index (Phi) is 2.34.